The van der Waals surface area contributed by atoms with Crippen LogP contribution in [0.3, 0.4) is 0 Å². The maximum absolute atomic E-state index is 14.7. The zero-order valence-corrected chi connectivity index (χ0v) is 21.7. The first-order chi connectivity index (χ1) is 19.1. The molecule has 0 saturated carbocycles. The summed E-state index contributed by atoms with van der Waals surface area (Å²) in [4.78, 5) is 31.3. The Balaban J connectivity index is 1.53. The zero-order chi connectivity index (χ0) is 26.8. The number of carbonyl (C=O) groups is 2. The van der Waals surface area contributed by atoms with E-state index < -0.39 is 18.3 Å². The normalized spacial score (nSPS) is 19.2. The van der Waals surface area contributed by atoms with E-state index in [0.29, 0.717) is 12.2 Å². The minimum Gasteiger partial charge on any atom is -0.447 e. The van der Waals surface area contributed by atoms with Crippen LogP contribution >= 0.6 is 0 Å². The first kappa shape index (κ1) is 24.5. The number of rotatable bonds is 6. The SMILES string of the molecule is Cc1ccc(C2NC(c3ccccc3)=C(N3C(=O)OC[C@@H]3c3ccccc3)C(=O)N2Cc2ccccc2)cc1. The maximum Gasteiger partial charge on any atom is 0.415 e. The molecule has 2 aliphatic heterocycles. The molecule has 4 aromatic rings. The van der Waals surface area contributed by atoms with E-state index in [9.17, 15) is 9.59 Å². The number of benzene rings is 4. The number of nitrogens with zero attached hydrogens (tertiary/aromatic N) is 2. The number of amides is 2. The number of carbonyl (C=O) groups excluding carboxylic acids is 2. The molecule has 4 aromatic carbocycles. The Bertz CT molecular complexity index is 1500. The topological polar surface area (TPSA) is 61.9 Å². The van der Waals surface area contributed by atoms with E-state index in [0.717, 1.165) is 27.8 Å². The summed E-state index contributed by atoms with van der Waals surface area (Å²) >= 11 is 0. The molecule has 0 aliphatic carbocycles. The molecule has 0 spiro atoms. The zero-order valence-electron chi connectivity index (χ0n) is 21.7. The highest BCUT2D eigenvalue weighted by Crippen LogP contribution is 2.40. The lowest BCUT2D eigenvalue weighted by atomic mass is 9.99. The highest BCUT2D eigenvalue weighted by atomic mass is 16.6. The second-order valence-electron chi connectivity index (χ2n) is 9.84. The molecule has 2 aliphatic rings. The van der Waals surface area contributed by atoms with Crippen LogP contribution in [0.2, 0.25) is 0 Å². The fraction of sp³-hybridized carbons (Fsp3) is 0.152. The third-order valence-electron chi connectivity index (χ3n) is 7.24. The molecule has 39 heavy (non-hydrogen) atoms. The van der Waals surface area contributed by atoms with Crippen molar-refractivity contribution in [3.63, 3.8) is 0 Å². The lowest BCUT2D eigenvalue weighted by molar-refractivity contribution is -0.133. The van der Waals surface area contributed by atoms with Crippen molar-refractivity contribution < 1.29 is 14.3 Å². The van der Waals surface area contributed by atoms with Crippen LogP contribution < -0.4 is 5.32 Å². The molecular weight excluding hydrogens is 486 g/mol. The summed E-state index contributed by atoms with van der Waals surface area (Å²) in [5.41, 5.74) is 5.72. The van der Waals surface area contributed by atoms with Crippen LogP contribution in [0.5, 0.6) is 0 Å². The third kappa shape index (κ3) is 4.77. The Morgan fingerprint density at radius 3 is 2.05 bits per heavy atom. The summed E-state index contributed by atoms with van der Waals surface area (Å²) in [6, 6.07) is 37.1. The van der Waals surface area contributed by atoms with Crippen LogP contribution in [0.25, 0.3) is 5.70 Å². The van der Waals surface area contributed by atoms with E-state index in [1.54, 1.807) is 4.90 Å². The average Bonchev–Trinajstić information content (AvgIpc) is 3.36. The van der Waals surface area contributed by atoms with Crippen LogP contribution in [-0.4, -0.2) is 28.4 Å². The summed E-state index contributed by atoms with van der Waals surface area (Å²) in [5.74, 6) is -0.234. The van der Waals surface area contributed by atoms with Gasteiger partial charge >= 0.3 is 6.09 Å². The van der Waals surface area contributed by atoms with Gasteiger partial charge in [0.25, 0.3) is 5.91 Å². The summed E-state index contributed by atoms with van der Waals surface area (Å²) in [5, 5.41) is 3.66. The molecule has 0 aromatic heterocycles. The van der Waals surface area contributed by atoms with Crippen molar-refractivity contribution in [2.24, 2.45) is 0 Å². The number of hydrogen-bond acceptors (Lipinski definition) is 4. The lowest BCUT2D eigenvalue weighted by Gasteiger charge is -2.41. The molecule has 0 radical (unpaired) electrons. The molecular formula is C33H29N3O3. The quantitative estimate of drug-likeness (QED) is 0.333. The minimum atomic E-state index is -0.532. The smallest absolute Gasteiger partial charge is 0.415 e. The van der Waals surface area contributed by atoms with Crippen molar-refractivity contribution in [3.8, 4) is 0 Å². The molecule has 2 amide bonds. The van der Waals surface area contributed by atoms with Crippen molar-refractivity contribution in [1.82, 2.24) is 15.1 Å². The van der Waals surface area contributed by atoms with Crippen LogP contribution in [0.1, 0.15) is 40.0 Å². The molecule has 194 valence electrons. The van der Waals surface area contributed by atoms with Gasteiger partial charge in [-0.15, -0.1) is 0 Å². The monoisotopic (exact) mass is 515 g/mol. The third-order valence-corrected chi connectivity index (χ3v) is 7.24. The van der Waals surface area contributed by atoms with Crippen LogP contribution in [0.4, 0.5) is 4.79 Å². The van der Waals surface area contributed by atoms with E-state index in [-0.39, 0.29) is 18.2 Å². The molecule has 1 fully saturated rings. The summed E-state index contributed by atoms with van der Waals surface area (Å²) in [7, 11) is 0. The number of aryl methyl sites for hydroxylation is 1. The molecule has 2 atom stereocenters. The van der Waals surface area contributed by atoms with E-state index >= 15 is 0 Å². The Kier molecular flexibility index (Phi) is 6.59. The van der Waals surface area contributed by atoms with Gasteiger partial charge in [-0.2, -0.15) is 0 Å². The molecule has 6 heteroatoms. The number of ether oxygens (including phenoxy) is 1. The van der Waals surface area contributed by atoms with Gasteiger partial charge in [0.1, 0.15) is 18.5 Å². The largest absolute Gasteiger partial charge is 0.447 e. The van der Waals surface area contributed by atoms with Gasteiger partial charge in [-0.3, -0.25) is 9.69 Å². The molecule has 1 saturated heterocycles. The second-order valence-corrected chi connectivity index (χ2v) is 9.84. The predicted octanol–water partition coefficient (Wildman–Crippen LogP) is 6.19. The fourth-order valence-electron chi connectivity index (χ4n) is 5.24. The van der Waals surface area contributed by atoms with Crippen LogP contribution in [0.15, 0.2) is 121 Å². The van der Waals surface area contributed by atoms with Crippen LogP contribution in [-0.2, 0) is 16.1 Å². The second kappa shape index (κ2) is 10.5. The Morgan fingerprint density at radius 2 is 1.38 bits per heavy atom. The molecule has 6 nitrogen and oxygen atoms in total. The summed E-state index contributed by atoms with van der Waals surface area (Å²) < 4.78 is 5.55. The summed E-state index contributed by atoms with van der Waals surface area (Å²) in [6.45, 7) is 2.58. The minimum absolute atomic E-state index is 0.168. The van der Waals surface area contributed by atoms with Crippen molar-refractivity contribution in [1.29, 1.82) is 0 Å². The fourth-order valence-corrected chi connectivity index (χ4v) is 5.24. The van der Waals surface area contributed by atoms with Gasteiger partial charge in [-0.1, -0.05) is 121 Å². The van der Waals surface area contributed by atoms with Gasteiger partial charge in [0.2, 0.25) is 0 Å². The molecule has 6 rings (SSSR count). The Labute approximate surface area is 228 Å². The highest BCUT2D eigenvalue weighted by Gasteiger charge is 2.45. The van der Waals surface area contributed by atoms with Crippen LogP contribution in [0, 0.1) is 6.92 Å². The van der Waals surface area contributed by atoms with E-state index in [1.807, 2.05) is 122 Å². The van der Waals surface area contributed by atoms with E-state index in [4.69, 9.17) is 4.74 Å². The average molecular weight is 516 g/mol. The van der Waals surface area contributed by atoms with E-state index in [1.165, 1.54) is 4.90 Å². The van der Waals surface area contributed by atoms with Gasteiger partial charge in [0.15, 0.2) is 0 Å². The first-order valence-corrected chi connectivity index (χ1v) is 13.1. The lowest BCUT2D eigenvalue weighted by Crippen LogP contribution is -2.50. The first-order valence-electron chi connectivity index (χ1n) is 13.1. The number of cyclic esters (lactones) is 1. The number of nitrogens with one attached hydrogen (secondary N) is 1. The molecule has 2 heterocycles. The standard InChI is InChI=1S/C33H29N3O3/c1-23-17-19-27(20-18-23)31-34-29(26-15-9-4-10-16-26)30(32(37)35(31)21-24-11-5-2-6-12-24)36-28(22-39-33(36)38)25-13-7-3-8-14-25/h2-20,28,31,34H,21-22H2,1H3/t28-,31?/m1/s1. The molecule has 1 N–H and O–H groups in total. The highest BCUT2D eigenvalue weighted by molar-refractivity contribution is 6.05. The van der Waals surface area contributed by atoms with E-state index in [2.05, 4.69) is 5.32 Å². The van der Waals surface area contributed by atoms with Crippen molar-refractivity contribution in [3.05, 3.63) is 149 Å². The predicted molar refractivity (Wildman–Crippen MR) is 150 cm³/mol. The number of hydrogen-bond donors (Lipinski definition) is 1. The van der Waals surface area contributed by atoms with Gasteiger partial charge in [0.05, 0.1) is 11.7 Å². The summed E-state index contributed by atoms with van der Waals surface area (Å²) in [6.07, 6.45) is -0.970. The van der Waals surface area contributed by atoms with Crippen molar-refractivity contribution in [2.75, 3.05) is 6.61 Å². The van der Waals surface area contributed by atoms with Crippen molar-refractivity contribution >= 4 is 17.7 Å². The van der Waals surface area contributed by atoms with Gasteiger partial charge in [-0.05, 0) is 23.6 Å². The molecule has 1 unspecified atom stereocenters. The van der Waals surface area contributed by atoms with Gasteiger partial charge in [0, 0.05) is 12.1 Å². The van der Waals surface area contributed by atoms with Crippen molar-refractivity contribution in [2.45, 2.75) is 25.7 Å². The van der Waals surface area contributed by atoms with Gasteiger partial charge in [-0.25, -0.2) is 4.79 Å². The molecule has 0 bridgehead atoms. The maximum atomic E-state index is 14.7. The Hall–Kier alpha value is -4.84. The Morgan fingerprint density at radius 1 is 0.769 bits per heavy atom. The van der Waals surface area contributed by atoms with Gasteiger partial charge < -0.3 is 15.0 Å².